The predicted octanol–water partition coefficient (Wildman–Crippen LogP) is 1.99. The number of carbonyl (C=O) groups excluding carboxylic acids is 1. The van der Waals surface area contributed by atoms with Gasteiger partial charge in [-0.25, -0.2) is 0 Å². The Kier molecular flexibility index (Phi) is 3.14. The van der Waals surface area contributed by atoms with Crippen molar-refractivity contribution in [2.45, 2.75) is 26.7 Å². The number of hydrogen-bond acceptors (Lipinski definition) is 4. The summed E-state index contributed by atoms with van der Waals surface area (Å²) >= 11 is 0. The van der Waals surface area contributed by atoms with Crippen LogP contribution in [0.3, 0.4) is 0 Å². The van der Waals surface area contributed by atoms with Gasteiger partial charge in [-0.2, -0.15) is 0 Å². The van der Waals surface area contributed by atoms with Gasteiger partial charge in [-0.15, -0.1) is 0 Å². The van der Waals surface area contributed by atoms with E-state index in [1.54, 1.807) is 19.9 Å². The number of nitro groups is 1. The van der Waals surface area contributed by atoms with Crippen molar-refractivity contribution < 1.29 is 9.72 Å². The van der Waals surface area contributed by atoms with Gasteiger partial charge < -0.3 is 0 Å². The summed E-state index contributed by atoms with van der Waals surface area (Å²) in [6, 6.07) is 1.56. The molecule has 1 aromatic heterocycles. The van der Waals surface area contributed by atoms with Crippen LogP contribution in [-0.2, 0) is 4.79 Å². The van der Waals surface area contributed by atoms with Gasteiger partial charge in [0.2, 0.25) is 0 Å². The molecule has 1 heterocycles. The molecule has 0 saturated heterocycles. The lowest BCUT2D eigenvalue weighted by molar-refractivity contribution is -0.386. The first kappa shape index (κ1) is 11.3. The molecule has 0 aliphatic heterocycles. The van der Waals surface area contributed by atoms with Crippen molar-refractivity contribution in [3.05, 3.63) is 33.6 Å². The molecule has 15 heavy (non-hydrogen) atoms. The first-order valence-electron chi connectivity index (χ1n) is 4.55. The highest BCUT2D eigenvalue weighted by atomic mass is 16.6. The molecule has 5 nitrogen and oxygen atoms in total. The van der Waals surface area contributed by atoms with E-state index in [1.807, 2.05) is 0 Å². The number of Topliss-reactive ketones (excluding diaryl/α,β-unsaturated/α-hetero) is 1. The molecule has 0 aromatic carbocycles. The van der Waals surface area contributed by atoms with E-state index in [4.69, 9.17) is 0 Å². The fourth-order valence-electron chi connectivity index (χ4n) is 1.32. The molecule has 80 valence electrons. The monoisotopic (exact) mass is 208 g/mol. The normalized spacial score (nSPS) is 12.2. The number of carbonyl (C=O) groups is 1. The van der Waals surface area contributed by atoms with Crippen LogP contribution in [0.25, 0.3) is 0 Å². The molecule has 1 rings (SSSR count). The van der Waals surface area contributed by atoms with Crippen molar-refractivity contribution in [3.8, 4) is 0 Å². The maximum Gasteiger partial charge on any atom is 0.294 e. The van der Waals surface area contributed by atoms with Crippen LogP contribution >= 0.6 is 0 Å². The minimum atomic E-state index is -0.537. The second kappa shape index (κ2) is 4.16. The quantitative estimate of drug-likeness (QED) is 0.562. The summed E-state index contributed by atoms with van der Waals surface area (Å²) in [7, 11) is 0. The minimum Gasteiger partial charge on any atom is -0.299 e. The van der Waals surface area contributed by atoms with E-state index >= 15 is 0 Å². The number of hydrogen-bond donors (Lipinski definition) is 0. The van der Waals surface area contributed by atoms with E-state index in [2.05, 4.69) is 4.98 Å². The van der Waals surface area contributed by atoms with Crippen molar-refractivity contribution in [1.82, 2.24) is 4.98 Å². The maximum absolute atomic E-state index is 11.2. The van der Waals surface area contributed by atoms with Gasteiger partial charge in [-0.05, 0) is 26.8 Å². The number of aryl methyl sites for hydroxylation is 1. The molecule has 1 atom stereocenters. The SMILES string of the molecule is CC(=O)C(C)c1nccc(C)c1[N+](=O)[O-]. The first-order valence-corrected chi connectivity index (χ1v) is 4.55. The summed E-state index contributed by atoms with van der Waals surface area (Å²) in [6.07, 6.45) is 1.48. The minimum absolute atomic E-state index is 0.0554. The van der Waals surface area contributed by atoms with Gasteiger partial charge in [-0.3, -0.25) is 19.9 Å². The lowest BCUT2D eigenvalue weighted by Crippen LogP contribution is -2.10. The van der Waals surface area contributed by atoms with Crippen LogP contribution in [0.2, 0.25) is 0 Å². The summed E-state index contributed by atoms with van der Waals surface area (Å²) in [5.74, 6) is -0.665. The van der Waals surface area contributed by atoms with E-state index in [0.29, 0.717) is 5.56 Å². The number of rotatable bonds is 3. The number of ketones is 1. The molecule has 0 amide bonds. The third-order valence-corrected chi connectivity index (χ3v) is 2.36. The van der Waals surface area contributed by atoms with Gasteiger partial charge in [0.25, 0.3) is 5.69 Å². The molecule has 0 aliphatic carbocycles. The van der Waals surface area contributed by atoms with Crippen molar-refractivity contribution in [2.24, 2.45) is 0 Å². The zero-order chi connectivity index (χ0) is 11.6. The van der Waals surface area contributed by atoms with E-state index < -0.39 is 10.8 Å². The van der Waals surface area contributed by atoms with E-state index in [0.717, 1.165) is 0 Å². The predicted molar refractivity (Wildman–Crippen MR) is 54.7 cm³/mol. The maximum atomic E-state index is 11.2. The molecule has 0 radical (unpaired) electrons. The first-order chi connectivity index (χ1) is 6.95. The highest BCUT2D eigenvalue weighted by Crippen LogP contribution is 2.27. The molecule has 1 unspecified atom stereocenters. The van der Waals surface area contributed by atoms with E-state index in [9.17, 15) is 14.9 Å². The molecule has 0 saturated carbocycles. The van der Waals surface area contributed by atoms with Gasteiger partial charge in [0.15, 0.2) is 0 Å². The van der Waals surface area contributed by atoms with Crippen molar-refractivity contribution in [1.29, 1.82) is 0 Å². The summed E-state index contributed by atoms with van der Waals surface area (Å²) < 4.78 is 0. The average molecular weight is 208 g/mol. The average Bonchev–Trinajstić information content (AvgIpc) is 2.15. The lowest BCUT2D eigenvalue weighted by Gasteiger charge is -2.08. The van der Waals surface area contributed by atoms with Crippen molar-refractivity contribution in [3.63, 3.8) is 0 Å². The molecular formula is C10H12N2O3. The van der Waals surface area contributed by atoms with Gasteiger partial charge >= 0.3 is 0 Å². The Bertz CT molecular complexity index is 415. The van der Waals surface area contributed by atoms with Crippen LogP contribution in [0.1, 0.15) is 31.0 Å². The van der Waals surface area contributed by atoms with Crippen molar-refractivity contribution >= 4 is 11.5 Å². The Morgan fingerprint density at radius 3 is 2.67 bits per heavy atom. The Balaban J connectivity index is 3.35. The number of pyridine rings is 1. The summed E-state index contributed by atoms with van der Waals surface area (Å²) in [5.41, 5.74) is 0.714. The van der Waals surface area contributed by atoms with Gasteiger partial charge in [0.05, 0.1) is 10.8 Å². The van der Waals surface area contributed by atoms with Crippen LogP contribution in [0.5, 0.6) is 0 Å². The standard InChI is InChI=1S/C10H12N2O3/c1-6-4-5-11-9(7(2)8(3)13)10(6)12(14)15/h4-5,7H,1-3H3. The molecule has 0 N–H and O–H groups in total. The van der Waals surface area contributed by atoms with E-state index in [-0.39, 0.29) is 17.2 Å². The molecular weight excluding hydrogens is 196 g/mol. The second-order valence-electron chi connectivity index (χ2n) is 3.45. The topological polar surface area (TPSA) is 73.1 Å². The Morgan fingerprint density at radius 1 is 1.60 bits per heavy atom. The van der Waals surface area contributed by atoms with Gasteiger partial charge in [0.1, 0.15) is 11.5 Å². The molecule has 0 bridgehead atoms. The number of aromatic nitrogens is 1. The largest absolute Gasteiger partial charge is 0.299 e. The summed E-state index contributed by atoms with van der Waals surface area (Å²) in [4.78, 5) is 25.4. The van der Waals surface area contributed by atoms with Crippen molar-refractivity contribution in [2.75, 3.05) is 0 Å². The van der Waals surface area contributed by atoms with Crippen LogP contribution < -0.4 is 0 Å². The van der Waals surface area contributed by atoms with Gasteiger partial charge in [-0.1, -0.05) is 0 Å². The van der Waals surface area contributed by atoms with Crippen LogP contribution in [0.15, 0.2) is 12.3 Å². The molecule has 1 aromatic rings. The Morgan fingerprint density at radius 2 is 2.20 bits per heavy atom. The molecule has 0 fully saturated rings. The van der Waals surface area contributed by atoms with Crippen LogP contribution in [-0.4, -0.2) is 15.7 Å². The van der Waals surface area contributed by atoms with Gasteiger partial charge in [0, 0.05) is 11.8 Å². The smallest absolute Gasteiger partial charge is 0.294 e. The highest BCUT2D eigenvalue weighted by molar-refractivity contribution is 5.83. The fraction of sp³-hybridized carbons (Fsp3) is 0.400. The molecule has 0 aliphatic rings. The summed E-state index contributed by atoms with van der Waals surface area (Å²) in [6.45, 7) is 4.66. The van der Waals surface area contributed by atoms with Crippen LogP contribution in [0.4, 0.5) is 5.69 Å². The third kappa shape index (κ3) is 2.18. The molecule has 0 spiro atoms. The van der Waals surface area contributed by atoms with E-state index in [1.165, 1.54) is 13.1 Å². The Labute approximate surface area is 87.3 Å². The second-order valence-corrected chi connectivity index (χ2v) is 3.45. The fourth-order valence-corrected chi connectivity index (χ4v) is 1.32. The highest BCUT2D eigenvalue weighted by Gasteiger charge is 2.25. The number of nitrogens with zero attached hydrogens (tertiary/aromatic N) is 2. The summed E-state index contributed by atoms with van der Waals surface area (Å²) in [5, 5.41) is 10.8. The lowest BCUT2D eigenvalue weighted by atomic mass is 10.00. The Hall–Kier alpha value is -1.78. The zero-order valence-electron chi connectivity index (χ0n) is 8.85. The molecule has 5 heteroatoms. The third-order valence-electron chi connectivity index (χ3n) is 2.36. The zero-order valence-corrected chi connectivity index (χ0v) is 8.85. The van der Waals surface area contributed by atoms with Crippen LogP contribution in [0, 0.1) is 17.0 Å².